The van der Waals surface area contributed by atoms with Gasteiger partial charge in [0.2, 0.25) is 0 Å². The predicted molar refractivity (Wildman–Crippen MR) is 81.7 cm³/mol. The van der Waals surface area contributed by atoms with E-state index in [1.54, 1.807) is 38.2 Å². The number of anilines is 1. The maximum absolute atomic E-state index is 11.8. The van der Waals surface area contributed by atoms with E-state index in [1.165, 1.54) is 0 Å². The van der Waals surface area contributed by atoms with Gasteiger partial charge >= 0.3 is 6.09 Å². The molecule has 106 valence electrons. The van der Waals surface area contributed by atoms with Crippen LogP contribution in [0.15, 0.2) is 54.7 Å². The summed E-state index contributed by atoms with van der Waals surface area (Å²) in [6, 6.07) is 14.6. The molecule has 0 bridgehead atoms. The number of aromatic nitrogens is 1. The van der Waals surface area contributed by atoms with Crippen LogP contribution in [0.2, 0.25) is 0 Å². The van der Waals surface area contributed by atoms with Crippen molar-refractivity contribution in [1.82, 2.24) is 4.98 Å². The van der Waals surface area contributed by atoms with Gasteiger partial charge < -0.3 is 4.74 Å². The van der Waals surface area contributed by atoms with E-state index in [2.05, 4.69) is 22.1 Å². The second-order valence-electron chi connectivity index (χ2n) is 4.86. The van der Waals surface area contributed by atoms with E-state index < -0.39 is 11.7 Å². The molecule has 0 saturated heterocycles. The smallest absolute Gasteiger partial charge is 0.413 e. The maximum atomic E-state index is 11.8. The highest BCUT2D eigenvalue weighted by molar-refractivity contribution is 5.84. The van der Waals surface area contributed by atoms with Crippen LogP contribution in [0, 0.1) is 11.8 Å². The summed E-state index contributed by atoms with van der Waals surface area (Å²) in [4.78, 5) is 15.9. The number of benzene rings is 1. The van der Waals surface area contributed by atoms with Gasteiger partial charge in [0.05, 0.1) is 0 Å². The van der Waals surface area contributed by atoms with E-state index >= 15 is 0 Å². The van der Waals surface area contributed by atoms with Gasteiger partial charge in [0.15, 0.2) is 5.60 Å². The first-order valence-corrected chi connectivity index (χ1v) is 6.54. The third-order valence-corrected chi connectivity index (χ3v) is 2.52. The van der Waals surface area contributed by atoms with E-state index in [0.29, 0.717) is 11.4 Å². The Morgan fingerprint density at radius 3 is 2.52 bits per heavy atom. The van der Waals surface area contributed by atoms with Gasteiger partial charge in [-0.2, -0.15) is 0 Å². The number of amides is 1. The summed E-state index contributed by atoms with van der Waals surface area (Å²) in [6.45, 7) is 3.46. The number of carbonyl (C=O) groups excluding carboxylic acids is 1. The molecule has 0 aliphatic carbocycles. The van der Waals surface area contributed by atoms with Crippen molar-refractivity contribution in [3.05, 3.63) is 60.4 Å². The fourth-order valence-electron chi connectivity index (χ4n) is 1.57. The SMILES string of the molecule is CC(C)(C#Cc1ccccn1)OC(=O)Nc1ccccc1. The molecule has 21 heavy (non-hydrogen) atoms. The molecule has 0 spiro atoms. The minimum absolute atomic E-state index is 0.540. The Balaban J connectivity index is 1.98. The van der Waals surface area contributed by atoms with Crippen molar-refractivity contribution in [2.24, 2.45) is 0 Å². The molecule has 0 radical (unpaired) electrons. The third-order valence-electron chi connectivity index (χ3n) is 2.52. The lowest BCUT2D eigenvalue weighted by atomic mass is 10.1. The normalized spacial score (nSPS) is 10.2. The molecule has 1 aromatic heterocycles. The lowest BCUT2D eigenvalue weighted by Gasteiger charge is -2.19. The Kier molecular flexibility index (Phi) is 4.57. The van der Waals surface area contributed by atoms with Gasteiger partial charge in [0.1, 0.15) is 5.69 Å². The molecule has 0 aliphatic rings. The molecule has 2 rings (SSSR count). The summed E-state index contributed by atoms with van der Waals surface area (Å²) in [6.07, 6.45) is 1.13. The summed E-state index contributed by atoms with van der Waals surface area (Å²) >= 11 is 0. The molecule has 1 aromatic carbocycles. The number of pyridine rings is 1. The molecule has 0 unspecified atom stereocenters. The van der Waals surface area contributed by atoms with E-state index in [4.69, 9.17) is 4.74 Å². The average molecular weight is 280 g/mol. The summed E-state index contributed by atoms with van der Waals surface area (Å²) < 4.78 is 5.31. The van der Waals surface area contributed by atoms with Gasteiger partial charge in [-0.15, -0.1) is 0 Å². The van der Waals surface area contributed by atoms with Crippen LogP contribution in [-0.2, 0) is 4.74 Å². The van der Waals surface area contributed by atoms with E-state index in [9.17, 15) is 4.79 Å². The zero-order valence-electron chi connectivity index (χ0n) is 12.0. The van der Waals surface area contributed by atoms with Crippen LogP contribution in [0.3, 0.4) is 0 Å². The molecule has 0 aliphatic heterocycles. The van der Waals surface area contributed by atoms with Gasteiger partial charge in [-0.3, -0.25) is 5.32 Å². The second-order valence-corrected chi connectivity index (χ2v) is 4.86. The first kappa shape index (κ1) is 14.6. The first-order valence-electron chi connectivity index (χ1n) is 6.54. The lowest BCUT2D eigenvalue weighted by molar-refractivity contribution is 0.0905. The van der Waals surface area contributed by atoms with Crippen LogP contribution in [0.1, 0.15) is 19.5 Å². The van der Waals surface area contributed by atoms with E-state index in [0.717, 1.165) is 0 Å². The van der Waals surface area contributed by atoms with Crippen LogP contribution in [0.4, 0.5) is 10.5 Å². The summed E-state index contributed by atoms with van der Waals surface area (Å²) in [5, 5.41) is 2.65. The zero-order valence-corrected chi connectivity index (χ0v) is 12.0. The van der Waals surface area contributed by atoms with Crippen LogP contribution in [0.25, 0.3) is 0 Å². The molecular weight excluding hydrogens is 264 g/mol. The highest BCUT2D eigenvalue weighted by Gasteiger charge is 2.20. The third kappa shape index (κ3) is 5.00. The maximum Gasteiger partial charge on any atom is 0.413 e. The quantitative estimate of drug-likeness (QED) is 0.857. The van der Waals surface area contributed by atoms with Gasteiger partial charge in [0.25, 0.3) is 0 Å². The van der Waals surface area contributed by atoms with Crippen molar-refractivity contribution in [3.8, 4) is 11.8 Å². The number of rotatable bonds is 2. The number of nitrogens with zero attached hydrogens (tertiary/aromatic N) is 1. The van der Waals surface area contributed by atoms with E-state index in [-0.39, 0.29) is 0 Å². The summed E-state index contributed by atoms with van der Waals surface area (Å²) in [5.41, 5.74) is 0.407. The van der Waals surface area contributed by atoms with Crippen molar-refractivity contribution in [2.75, 3.05) is 5.32 Å². The summed E-state index contributed by atoms with van der Waals surface area (Å²) in [5.74, 6) is 5.78. The monoisotopic (exact) mass is 280 g/mol. The van der Waals surface area contributed by atoms with Crippen LogP contribution < -0.4 is 5.32 Å². The molecular formula is C17H16N2O2. The highest BCUT2D eigenvalue weighted by atomic mass is 16.6. The Morgan fingerprint density at radius 2 is 1.86 bits per heavy atom. The minimum Gasteiger partial charge on any atom is -0.430 e. The van der Waals surface area contributed by atoms with E-state index in [1.807, 2.05) is 30.3 Å². The highest BCUT2D eigenvalue weighted by Crippen LogP contribution is 2.11. The Hall–Kier alpha value is -2.80. The molecule has 1 heterocycles. The fraction of sp³-hybridized carbons (Fsp3) is 0.176. The van der Waals surface area contributed by atoms with Crippen molar-refractivity contribution < 1.29 is 9.53 Å². The summed E-state index contributed by atoms with van der Waals surface area (Å²) in [7, 11) is 0. The topological polar surface area (TPSA) is 51.2 Å². The standard InChI is InChI=1S/C17H16N2O2/c1-17(2,12-11-14-8-6-7-13-18-14)21-16(20)19-15-9-4-3-5-10-15/h3-10,13H,1-2H3,(H,19,20). The molecule has 0 saturated carbocycles. The number of para-hydroxylation sites is 1. The number of carbonyl (C=O) groups is 1. The largest absolute Gasteiger partial charge is 0.430 e. The van der Waals surface area contributed by atoms with Crippen molar-refractivity contribution in [3.63, 3.8) is 0 Å². The zero-order chi connectivity index (χ0) is 15.1. The fourth-order valence-corrected chi connectivity index (χ4v) is 1.57. The first-order chi connectivity index (χ1) is 10.1. The number of hydrogen-bond acceptors (Lipinski definition) is 3. The lowest BCUT2D eigenvalue weighted by Crippen LogP contribution is -2.29. The number of nitrogens with one attached hydrogen (secondary N) is 1. The molecule has 0 atom stereocenters. The predicted octanol–water partition coefficient (Wildman–Crippen LogP) is 3.46. The van der Waals surface area contributed by atoms with Crippen LogP contribution >= 0.6 is 0 Å². The van der Waals surface area contributed by atoms with Gasteiger partial charge in [0, 0.05) is 11.9 Å². The van der Waals surface area contributed by atoms with Crippen LogP contribution in [-0.4, -0.2) is 16.7 Å². The second kappa shape index (κ2) is 6.58. The van der Waals surface area contributed by atoms with Gasteiger partial charge in [-0.05, 0) is 50.0 Å². The Labute approximate surface area is 124 Å². The molecule has 4 nitrogen and oxygen atoms in total. The number of ether oxygens (including phenoxy) is 1. The average Bonchev–Trinajstić information content (AvgIpc) is 2.47. The van der Waals surface area contributed by atoms with Gasteiger partial charge in [-0.1, -0.05) is 24.3 Å². The van der Waals surface area contributed by atoms with Crippen LogP contribution in [0.5, 0.6) is 0 Å². The molecule has 2 aromatic rings. The Bertz CT molecular complexity index is 655. The Morgan fingerprint density at radius 1 is 1.14 bits per heavy atom. The number of hydrogen-bond donors (Lipinski definition) is 1. The minimum atomic E-state index is -0.906. The van der Waals surface area contributed by atoms with Gasteiger partial charge in [-0.25, -0.2) is 9.78 Å². The molecule has 4 heteroatoms. The van der Waals surface area contributed by atoms with Crippen molar-refractivity contribution in [1.29, 1.82) is 0 Å². The van der Waals surface area contributed by atoms with Crippen molar-refractivity contribution in [2.45, 2.75) is 19.4 Å². The molecule has 1 amide bonds. The van der Waals surface area contributed by atoms with Crippen molar-refractivity contribution >= 4 is 11.8 Å². The molecule has 0 fully saturated rings. The molecule has 1 N–H and O–H groups in total.